The van der Waals surface area contributed by atoms with Crippen molar-refractivity contribution in [3.8, 4) is 0 Å². The van der Waals surface area contributed by atoms with Crippen LogP contribution in [0.2, 0.25) is 0 Å². The van der Waals surface area contributed by atoms with E-state index in [-0.39, 0.29) is 0 Å². The molecule has 5 nitrogen and oxygen atoms in total. The summed E-state index contributed by atoms with van der Waals surface area (Å²) < 4.78 is 5.39. The summed E-state index contributed by atoms with van der Waals surface area (Å²) in [6, 6.07) is 2.39. The summed E-state index contributed by atoms with van der Waals surface area (Å²) in [4.78, 5) is 8.71. The fraction of sp³-hybridized carbons (Fsp3) is 0.692. The van der Waals surface area contributed by atoms with Crippen molar-refractivity contribution >= 4 is 11.8 Å². The maximum atomic E-state index is 5.39. The lowest BCUT2D eigenvalue weighted by atomic mass is 9.93. The average Bonchev–Trinajstić information content (AvgIpc) is 2.39. The Morgan fingerprint density at radius 2 is 2.06 bits per heavy atom. The highest BCUT2D eigenvalue weighted by Gasteiger charge is 2.20. The standard InChI is InChI=1S/C13H22N4O/c1-9-8-12(17-13(14-3)15-9)16-10(2)11-4-6-18-7-5-11/h8,10-11H,4-7H2,1-3H3,(H2,14,15,16,17). The molecule has 1 aromatic heterocycles. The van der Waals surface area contributed by atoms with Crippen LogP contribution in [0.15, 0.2) is 6.07 Å². The van der Waals surface area contributed by atoms with Gasteiger partial charge in [-0.3, -0.25) is 0 Å². The molecule has 5 heteroatoms. The van der Waals surface area contributed by atoms with Crippen LogP contribution in [0, 0.1) is 12.8 Å². The second-order valence-electron chi connectivity index (χ2n) is 4.85. The highest BCUT2D eigenvalue weighted by molar-refractivity contribution is 5.42. The van der Waals surface area contributed by atoms with Gasteiger partial charge in [-0.1, -0.05) is 0 Å². The van der Waals surface area contributed by atoms with Gasteiger partial charge in [0.15, 0.2) is 0 Å². The summed E-state index contributed by atoms with van der Waals surface area (Å²) in [5, 5.41) is 6.46. The van der Waals surface area contributed by atoms with Gasteiger partial charge < -0.3 is 15.4 Å². The van der Waals surface area contributed by atoms with Crippen molar-refractivity contribution in [2.45, 2.75) is 32.7 Å². The first kappa shape index (κ1) is 13.1. The Hall–Kier alpha value is -1.36. The van der Waals surface area contributed by atoms with E-state index in [2.05, 4.69) is 27.5 Å². The van der Waals surface area contributed by atoms with Crippen LogP contribution in [0.5, 0.6) is 0 Å². The second kappa shape index (κ2) is 6.00. The third-order valence-electron chi connectivity index (χ3n) is 3.43. The van der Waals surface area contributed by atoms with Gasteiger partial charge in [-0.05, 0) is 32.6 Å². The number of aryl methyl sites for hydroxylation is 1. The molecule has 18 heavy (non-hydrogen) atoms. The number of nitrogens with one attached hydrogen (secondary N) is 2. The van der Waals surface area contributed by atoms with Crippen molar-refractivity contribution in [1.29, 1.82) is 0 Å². The molecule has 2 rings (SSSR count). The molecular weight excluding hydrogens is 228 g/mol. The minimum Gasteiger partial charge on any atom is -0.381 e. The number of hydrogen-bond donors (Lipinski definition) is 2. The SMILES string of the molecule is CNc1nc(C)cc(NC(C)C2CCOCC2)n1. The summed E-state index contributed by atoms with van der Waals surface area (Å²) in [5.41, 5.74) is 0.969. The molecule has 0 saturated carbocycles. The fourth-order valence-electron chi connectivity index (χ4n) is 2.32. The average molecular weight is 250 g/mol. The first-order chi connectivity index (χ1) is 8.69. The van der Waals surface area contributed by atoms with E-state index in [1.54, 1.807) is 0 Å². The smallest absolute Gasteiger partial charge is 0.224 e. The van der Waals surface area contributed by atoms with Crippen LogP contribution >= 0.6 is 0 Å². The molecule has 0 spiro atoms. The summed E-state index contributed by atoms with van der Waals surface area (Å²) >= 11 is 0. The van der Waals surface area contributed by atoms with Gasteiger partial charge >= 0.3 is 0 Å². The van der Waals surface area contributed by atoms with Gasteiger partial charge in [0.1, 0.15) is 5.82 Å². The Morgan fingerprint density at radius 3 is 2.72 bits per heavy atom. The molecule has 0 bridgehead atoms. The van der Waals surface area contributed by atoms with Crippen LogP contribution < -0.4 is 10.6 Å². The molecule has 1 aromatic rings. The first-order valence-corrected chi connectivity index (χ1v) is 6.56. The van der Waals surface area contributed by atoms with Gasteiger partial charge in [-0.15, -0.1) is 0 Å². The van der Waals surface area contributed by atoms with Crippen LogP contribution in [0.3, 0.4) is 0 Å². The molecule has 1 unspecified atom stereocenters. The largest absolute Gasteiger partial charge is 0.381 e. The quantitative estimate of drug-likeness (QED) is 0.856. The molecule has 1 aliphatic heterocycles. The Bertz CT molecular complexity index is 391. The Morgan fingerprint density at radius 1 is 1.33 bits per heavy atom. The van der Waals surface area contributed by atoms with E-state index in [1.807, 2.05) is 20.0 Å². The lowest BCUT2D eigenvalue weighted by molar-refractivity contribution is 0.0622. The molecule has 2 heterocycles. The molecule has 0 radical (unpaired) electrons. The minimum atomic E-state index is 0.410. The zero-order valence-corrected chi connectivity index (χ0v) is 11.4. The number of ether oxygens (including phenoxy) is 1. The molecule has 1 fully saturated rings. The number of aromatic nitrogens is 2. The van der Waals surface area contributed by atoms with Crippen molar-refractivity contribution < 1.29 is 4.74 Å². The minimum absolute atomic E-state index is 0.410. The van der Waals surface area contributed by atoms with Crippen molar-refractivity contribution in [2.24, 2.45) is 5.92 Å². The molecule has 2 N–H and O–H groups in total. The maximum Gasteiger partial charge on any atom is 0.224 e. The zero-order chi connectivity index (χ0) is 13.0. The summed E-state index contributed by atoms with van der Waals surface area (Å²) in [5.74, 6) is 2.22. The zero-order valence-electron chi connectivity index (χ0n) is 11.4. The molecule has 0 aromatic carbocycles. The number of rotatable bonds is 4. The van der Waals surface area contributed by atoms with Crippen molar-refractivity contribution in [3.05, 3.63) is 11.8 Å². The predicted octanol–water partition coefficient (Wildman–Crippen LogP) is 2.05. The van der Waals surface area contributed by atoms with Gasteiger partial charge in [-0.25, -0.2) is 4.98 Å². The lowest BCUT2D eigenvalue weighted by Gasteiger charge is -2.28. The topological polar surface area (TPSA) is 59.1 Å². The van der Waals surface area contributed by atoms with E-state index in [9.17, 15) is 0 Å². The van der Waals surface area contributed by atoms with Crippen LogP contribution in [-0.2, 0) is 4.74 Å². The van der Waals surface area contributed by atoms with Gasteiger partial charge in [-0.2, -0.15) is 4.98 Å². The Labute approximate surface area is 108 Å². The monoisotopic (exact) mass is 250 g/mol. The third kappa shape index (κ3) is 3.32. The Kier molecular flexibility index (Phi) is 4.36. The van der Waals surface area contributed by atoms with E-state index < -0.39 is 0 Å². The molecule has 0 amide bonds. The van der Waals surface area contributed by atoms with Crippen LogP contribution in [0.25, 0.3) is 0 Å². The van der Waals surface area contributed by atoms with Crippen LogP contribution in [0.1, 0.15) is 25.5 Å². The fourth-order valence-corrected chi connectivity index (χ4v) is 2.32. The van der Waals surface area contributed by atoms with E-state index in [0.717, 1.165) is 37.6 Å². The van der Waals surface area contributed by atoms with E-state index >= 15 is 0 Å². The highest BCUT2D eigenvalue weighted by Crippen LogP contribution is 2.21. The van der Waals surface area contributed by atoms with E-state index in [0.29, 0.717) is 17.9 Å². The molecule has 1 saturated heterocycles. The summed E-state index contributed by atoms with van der Waals surface area (Å²) in [6.07, 6.45) is 2.24. The lowest BCUT2D eigenvalue weighted by Crippen LogP contribution is -2.31. The van der Waals surface area contributed by atoms with E-state index in [1.165, 1.54) is 0 Å². The summed E-state index contributed by atoms with van der Waals surface area (Å²) in [6.45, 7) is 5.95. The first-order valence-electron chi connectivity index (χ1n) is 6.56. The number of anilines is 2. The highest BCUT2D eigenvalue weighted by atomic mass is 16.5. The van der Waals surface area contributed by atoms with E-state index in [4.69, 9.17) is 4.74 Å². The Balaban J connectivity index is 2.01. The maximum absolute atomic E-state index is 5.39. The van der Waals surface area contributed by atoms with Crippen LogP contribution in [0.4, 0.5) is 11.8 Å². The molecule has 1 atom stereocenters. The van der Waals surface area contributed by atoms with Gasteiger partial charge in [0.05, 0.1) is 0 Å². The number of nitrogens with zero attached hydrogens (tertiary/aromatic N) is 2. The van der Waals surface area contributed by atoms with Crippen LogP contribution in [-0.4, -0.2) is 36.3 Å². The molecule has 0 aliphatic carbocycles. The van der Waals surface area contributed by atoms with Crippen molar-refractivity contribution in [3.63, 3.8) is 0 Å². The molecular formula is C13H22N4O. The second-order valence-corrected chi connectivity index (χ2v) is 4.85. The van der Waals surface area contributed by atoms with Crippen molar-refractivity contribution in [2.75, 3.05) is 30.9 Å². The van der Waals surface area contributed by atoms with Gasteiger partial charge in [0, 0.05) is 38.1 Å². The summed E-state index contributed by atoms with van der Waals surface area (Å²) in [7, 11) is 1.83. The van der Waals surface area contributed by atoms with Gasteiger partial charge in [0.25, 0.3) is 0 Å². The normalized spacial score (nSPS) is 18.4. The van der Waals surface area contributed by atoms with Crippen molar-refractivity contribution in [1.82, 2.24) is 9.97 Å². The number of hydrogen-bond acceptors (Lipinski definition) is 5. The third-order valence-corrected chi connectivity index (χ3v) is 3.43. The predicted molar refractivity (Wildman–Crippen MR) is 72.9 cm³/mol. The molecule has 1 aliphatic rings. The molecule has 100 valence electrons. The van der Waals surface area contributed by atoms with Gasteiger partial charge in [0.2, 0.25) is 5.95 Å².